The summed E-state index contributed by atoms with van der Waals surface area (Å²) in [5.74, 6) is -1.68. The number of unbranched alkanes of at least 4 members (excludes halogenated alkanes) is 1. The van der Waals surface area contributed by atoms with Crippen LogP contribution in [0.25, 0.3) is 0 Å². The van der Waals surface area contributed by atoms with E-state index in [1.54, 1.807) is 0 Å². The van der Waals surface area contributed by atoms with Gasteiger partial charge in [0.25, 0.3) is 0 Å². The summed E-state index contributed by atoms with van der Waals surface area (Å²) >= 11 is 4.01. The molecule has 228 valence electrons. The van der Waals surface area contributed by atoms with E-state index >= 15 is 0 Å². The van der Waals surface area contributed by atoms with Crippen LogP contribution in [0, 0.1) is 0 Å². The largest absolute Gasteiger partial charge is 0.480 e. The Morgan fingerprint density at radius 3 is 1.74 bits per heavy atom. The highest BCUT2D eigenvalue weighted by Gasteiger charge is 2.16. The summed E-state index contributed by atoms with van der Waals surface area (Å²) in [4.78, 5) is 45.9. The highest BCUT2D eigenvalue weighted by molar-refractivity contribution is 7.78. The van der Waals surface area contributed by atoms with Gasteiger partial charge in [-0.3, -0.25) is 23.9 Å². The number of likely N-dealkylation sites (N-methyl/N-ethyl adjacent to an activating group) is 1. The van der Waals surface area contributed by atoms with Crippen LogP contribution in [0.5, 0.6) is 0 Å². The molecule has 6 N–H and O–H groups in total. The van der Waals surface area contributed by atoms with Gasteiger partial charge in [-0.15, -0.1) is 0 Å². The molecule has 15 heteroatoms. The lowest BCUT2D eigenvalue weighted by molar-refractivity contribution is -0.139. The summed E-state index contributed by atoms with van der Waals surface area (Å²) in [6.07, 6.45) is 3.20. The van der Waals surface area contributed by atoms with Crippen molar-refractivity contribution in [3.63, 3.8) is 0 Å². The number of aliphatic carboxylic acids is 1. The van der Waals surface area contributed by atoms with Gasteiger partial charge in [0.2, 0.25) is 17.7 Å². The van der Waals surface area contributed by atoms with Gasteiger partial charge in [0.05, 0.1) is 39.6 Å². The minimum absolute atomic E-state index is 0.0175. The van der Waals surface area contributed by atoms with E-state index in [0.29, 0.717) is 38.9 Å². The van der Waals surface area contributed by atoms with Crippen molar-refractivity contribution in [2.24, 2.45) is 0 Å². The molecule has 0 aromatic carbocycles. The van der Waals surface area contributed by atoms with Crippen LogP contribution in [0.2, 0.25) is 0 Å². The Labute approximate surface area is 236 Å². The van der Waals surface area contributed by atoms with Crippen molar-refractivity contribution >= 4 is 36.5 Å². The minimum atomic E-state index is -0.995. The first-order valence-corrected chi connectivity index (χ1v) is 13.7. The van der Waals surface area contributed by atoms with Crippen LogP contribution in [0.3, 0.4) is 0 Å². The molecule has 0 radical (unpaired) electrons. The molecule has 0 heterocycles. The van der Waals surface area contributed by atoms with Crippen LogP contribution in [0.1, 0.15) is 39.0 Å². The zero-order chi connectivity index (χ0) is 29.1. The monoisotopic (exact) mass is 581 g/mol. The van der Waals surface area contributed by atoms with Crippen LogP contribution in [-0.2, 0) is 38.1 Å². The zero-order valence-electron chi connectivity index (χ0n) is 23.1. The van der Waals surface area contributed by atoms with E-state index in [2.05, 4.69) is 45.7 Å². The highest BCUT2D eigenvalue weighted by atomic mass is 32.1. The smallest absolute Gasteiger partial charge is 0.320 e. The normalized spacial score (nSPS) is 12.5. The maximum Gasteiger partial charge on any atom is 0.320 e. The number of carboxylic acids is 1. The van der Waals surface area contributed by atoms with Crippen LogP contribution in [0.4, 0.5) is 0 Å². The number of carboxylic acid groups (broad SMARTS) is 1. The molecule has 2 atom stereocenters. The lowest BCUT2D eigenvalue weighted by Crippen LogP contribution is -2.36. The fourth-order valence-electron chi connectivity index (χ4n) is 3.02. The predicted molar refractivity (Wildman–Crippen MR) is 147 cm³/mol. The van der Waals surface area contributed by atoms with E-state index in [1.165, 1.54) is 7.05 Å². The molecule has 0 saturated heterocycles. The molecule has 39 heavy (non-hydrogen) atoms. The van der Waals surface area contributed by atoms with E-state index < -0.39 is 12.0 Å². The molecule has 0 fully saturated rings. The van der Waals surface area contributed by atoms with Crippen molar-refractivity contribution in [3.05, 3.63) is 0 Å². The van der Waals surface area contributed by atoms with Crippen molar-refractivity contribution in [3.8, 4) is 0 Å². The standard InChI is InChI=1S/C24H47N5O9S/c1-19(29-39)5-3-4-8-26-22(31)17-37-15-14-36-12-10-28-23(32)18-38-16-13-35-11-9-27-21(30)7-6-20(25-2)24(33)34/h19-20,25,29,39H,3-18H2,1-2H3,(H,26,31)(H,27,30)(H,28,32)(H,33,34). The quantitative estimate of drug-likeness (QED) is 0.0459. The molecule has 2 unspecified atom stereocenters. The number of carbonyl (C=O) groups is 4. The Morgan fingerprint density at radius 2 is 1.23 bits per heavy atom. The van der Waals surface area contributed by atoms with Gasteiger partial charge in [-0.2, -0.15) is 0 Å². The lowest BCUT2D eigenvalue weighted by Gasteiger charge is -2.11. The number of amides is 3. The Morgan fingerprint density at radius 1 is 0.718 bits per heavy atom. The van der Waals surface area contributed by atoms with Crippen molar-refractivity contribution in [2.45, 2.75) is 51.1 Å². The maximum absolute atomic E-state index is 11.7. The fraction of sp³-hybridized carbons (Fsp3) is 0.833. The van der Waals surface area contributed by atoms with Gasteiger partial charge < -0.3 is 45.3 Å². The number of ether oxygens (including phenoxy) is 4. The van der Waals surface area contributed by atoms with Crippen LogP contribution in [-0.4, -0.2) is 120 Å². The van der Waals surface area contributed by atoms with Gasteiger partial charge >= 0.3 is 5.97 Å². The second kappa shape index (κ2) is 26.2. The molecule has 14 nitrogen and oxygen atoms in total. The van der Waals surface area contributed by atoms with E-state index in [-0.39, 0.29) is 70.2 Å². The Balaban J connectivity index is 3.42. The summed E-state index contributed by atoms with van der Waals surface area (Å²) in [6.45, 7) is 4.81. The lowest BCUT2D eigenvalue weighted by atomic mass is 10.1. The molecule has 0 aliphatic heterocycles. The summed E-state index contributed by atoms with van der Waals surface area (Å²) in [7, 11) is 1.53. The van der Waals surface area contributed by atoms with Gasteiger partial charge in [-0.1, -0.05) is 19.2 Å². The first kappa shape index (κ1) is 37.0. The average Bonchev–Trinajstić information content (AvgIpc) is 2.91. The van der Waals surface area contributed by atoms with Gasteiger partial charge in [-0.25, -0.2) is 0 Å². The first-order chi connectivity index (χ1) is 18.8. The Bertz CT molecular complexity index is 676. The zero-order valence-corrected chi connectivity index (χ0v) is 24.0. The van der Waals surface area contributed by atoms with Gasteiger partial charge in [0.15, 0.2) is 0 Å². The number of nitrogens with one attached hydrogen (secondary N) is 5. The molecule has 0 aromatic heterocycles. The fourth-order valence-corrected chi connectivity index (χ4v) is 3.15. The molecule has 0 bridgehead atoms. The molecular weight excluding hydrogens is 534 g/mol. The third kappa shape index (κ3) is 24.7. The van der Waals surface area contributed by atoms with E-state index in [0.717, 1.165) is 19.3 Å². The van der Waals surface area contributed by atoms with Crippen LogP contribution in [0.15, 0.2) is 0 Å². The highest BCUT2D eigenvalue weighted by Crippen LogP contribution is 2.00. The number of hydrogen-bond acceptors (Lipinski definition) is 11. The second-order valence-electron chi connectivity index (χ2n) is 8.62. The van der Waals surface area contributed by atoms with Crippen LogP contribution >= 0.6 is 12.8 Å². The van der Waals surface area contributed by atoms with Gasteiger partial charge in [0.1, 0.15) is 19.3 Å². The molecule has 3 amide bonds. The summed E-state index contributed by atoms with van der Waals surface area (Å²) < 4.78 is 24.0. The predicted octanol–water partition coefficient (Wildman–Crippen LogP) is -1.15. The van der Waals surface area contributed by atoms with Crippen LogP contribution < -0.4 is 26.0 Å². The van der Waals surface area contributed by atoms with Crippen molar-refractivity contribution in [2.75, 3.05) is 79.5 Å². The molecule has 0 aliphatic carbocycles. The second-order valence-corrected chi connectivity index (χ2v) is 8.88. The maximum atomic E-state index is 11.7. The summed E-state index contributed by atoms with van der Waals surface area (Å²) in [5, 5.41) is 19.6. The topological polar surface area (TPSA) is 186 Å². The summed E-state index contributed by atoms with van der Waals surface area (Å²) in [5.41, 5.74) is 0. The third-order valence-corrected chi connectivity index (χ3v) is 5.70. The molecule has 0 aromatic rings. The first-order valence-electron chi connectivity index (χ1n) is 13.2. The number of carbonyl (C=O) groups excluding carboxylic acids is 3. The molecule has 0 spiro atoms. The third-order valence-electron chi connectivity index (χ3n) is 5.26. The Hall–Kier alpha value is -2.01. The van der Waals surface area contributed by atoms with Crippen molar-refractivity contribution < 1.29 is 43.2 Å². The van der Waals surface area contributed by atoms with Crippen molar-refractivity contribution in [1.29, 1.82) is 0 Å². The van der Waals surface area contributed by atoms with Crippen molar-refractivity contribution in [1.82, 2.24) is 26.0 Å². The SMILES string of the molecule is CNC(CCC(=O)NCCOCCOCC(=O)NCCOCCOCC(=O)NCCCCC(C)NS)C(=O)O. The number of thiol groups is 1. The summed E-state index contributed by atoms with van der Waals surface area (Å²) in [6, 6.07) is -0.409. The Kier molecular flexibility index (Phi) is 24.9. The van der Waals surface area contributed by atoms with E-state index in [9.17, 15) is 19.2 Å². The molecule has 0 rings (SSSR count). The number of hydrogen-bond donors (Lipinski definition) is 7. The van der Waals surface area contributed by atoms with E-state index in [4.69, 9.17) is 24.1 Å². The molecular formula is C24H47N5O9S. The van der Waals surface area contributed by atoms with E-state index in [1.807, 2.05) is 0 Å². The van der Waals surface area contributed by atoms with Gasteiger partial charge in [0, 0.05) is 32.1 Å². The number of rotatable bonds is 27. The molecule has 0 aliphatic rings. The molecule has 0 saturated carbocycles. The average molecular weight is 582 g/mol. The minimum Gasteiger partial charge on any atom is -0.480 e. The van der Waals surface area contributed by atoms with Gasteiger partial charge in [-0.05, 0) is 33.2 Å².